The van der Waals surface area contributed by atoms with Gasteiger partial charge in [0, 0.05) is 64.8 Å². The number of fused-ring (bicyclic) bond motifs is 4. The summed E-state index contributed by atoms with van der Waals surface area (Å²) in [5.41, 5.74) is 10.8. The third kappa shape index (κ3) is 4.37. The van der Waals surface area contributed by atoms with Crippen molar-refractivity contribution < 1.29 is 9.47 Å². The largest absolute Gasteiger partial charge is 0.455 e. The van der Waals surface area contributed by atoms with Crippen molar-refractivity contribution in [3.8, 4) is 23.0 Å². The molecular formula is C28H24Cl2N4O2. The highest BCUT2D eigenvalue weighted by atomic mass is 35.5. The molecule has 182 valence electrons. The fourth-order valence-electron chi connectivity index (χ4n) is 4.96. The van der Waals surface area contributed by atoms with Gasteiger partial charge in [-0.25, -0.2) is 0 Å². The van der Waals surface area contributed by atoms with Crippen molar-refractivity contribution in [3.63, 3.8) is 0 Å². The zero-order chi connectivity index (χ0) is 24.6. The SMILES string of the molecule is NCC1Cc2nccc(NCC3Cc4ncccc4Oc4ccc(Cl)cc43)c2Oc2ccc(Cl)cc21. The van der Waals surface area contributed by atoms with E-state index in [1.807, 2.05) is 54.6 Å². The number of ether oxygens (including phenoxy) is 2. The molecular weight excluding hydrogens is 495 g/mol. The molecule has 0 saturated heterocycles. The summed E-state index contributed by atoms with van der Waals surface area (Å²) in [6.07, 6.45) is 4.98. The minimum atomic E-state index is 0.0679. The van der Waals surface area contributed by atoms with Crippen LogP contribution in [0.1, 0.15) is 34.4 Å². The van der Waals surface area contributed by atoms with Gasteiger partial charge in [-0.3, -0.25) is 9.97 Å². The van der Waals surface area contributed by atoms with E-state index in [1.165, 1.54) is 0 Å². The fraction of sp³-hybridized carbons (Fsp3) is 0.214. The van der Waals surface area contributed by atoms with E-state index in [4.69, 9.17) is 38.4 Å². The van der Waals surface area contributed by atoms with Gasteiger partial charge in [0.1, 0.15) is 17.2 Å². The summed E-state index contributed by atoms with van der Waals surface area (Å²) in [6, 6.07) is 17.2. The van der Waals surface area contributed by atoms with Crippen molar-refractivity contribution >= 4 is 28.9 Å². The Balaban J connectivity index is 1.34. The molecule has 0 fully saturated rings. The molecule has 2 unspecified atom stereocenters. The van der Waals surface area contributed by atoms with Crippen molar-refractivity contribution in [1.29, 1.82) is 0 Å². The average Bonchev–Trinajstić information content (AvgIpc) is 3.14. The van der Waals surface area contributed by atoms with E-state index in [1.54, 1.807) is 12.4 Å². The summed E-state index contributed by atoms with van der Waals surface area (Å²) in [5.74, 6) is 3.17. The molecule has 8 heteroatoms. The Morgan fingerprint density at radius 3 is 2.28 bits per heavy atom. The highest BCUT2D eigenvalue weighted by Gasteiger charge is 2.28. The third-order valence-corrected chi connectivity index (χ3v) is 7.26. The maximum Gasteiger partial charge on any atom is 0.171 e. The lowest BCUT2D eigenvalue weighted by Gasteiger charge is -2.20. The predicted molar refractivity (Wildman–Crippen MR) is 142 cm³/mol. The van der Waals surface area contributed by atoms with E-state index in [-0.39, 0.29) is 11.8 Å². The van der Waals surface area contributed by atoms with Crippen LogP contribution in [0.4, 0.5) is 5.69 Å². The molecule has 2 aliphatic heterocycles. The number of anilines is 1. The Labute approximate surface area is 219 Å². The van der Waals surface area contributed by atoms with Crippen molar-refractivity contribution in [2.75, 3.05) is 18.4 Å². The summed E-state index contributed by atoms with van der Waals surface area (Å²) in [7, 11) is 0. The molecule has 0 aliphatic carbocycles. The number of nitrogens with zero attached hydrogens (tertiary/aromatic N) is 2. The number of aromatic nitrogens is 2. The maximum absolute atomic E-state index is 6.43. The molecule has 2 aromatic carbocycles. The lowest BCUT2D eigenvalue weighted by Crippen LogP contribution is -2.16. The first-order valence-electron chi connectivity index (χ1n) is 11.9. The summed E-state index contributed by atoms with van der Waals surface area (Å²) < 4.78 is 12.6. The van der Waals surface area contributed by atoms with Gasteiger partial charge in [-0.15, -0.1) is 0 Å². The number of rotatable bonds is 4. The second-order valence-electron chi connectivity index (χ2n) is 9.07. The van der Waals surface area contributed by atoms with Gasteiger partial charge in [0.05, 0.1) is 17.1 Å². The van der Waals surface area contributed by atoms with Gasteiger partial charge in [0.15, 0.2) is 5.75 Å². The Bertz CT molecular complexity index is 1450. The molecule has 0 saturated carbocycles. The van der Waals surface area contributed by atoms with Crippen LogP contribution >= 0.6 is 23.2 Å². The number of hydrogen-bond acceptors (Lipinski definition) is 6. The molecule has 4 heterocycles. The van der Waals surface area contributed by atoms with Gasteiger partial charge < -0.3 is 20.5 Å². The Hall–Kier alpha value is -3.32. The number of benzene rings is 2. The Kier molecular flexibility index (Phi) is 6.17. The second-order valence-corrected chi connectivity index (χ2v) is 9.94. The first-order chi connectivity index (χ1) is 17.6. The normalized spacial score (nSPS) is 17.8. The van der Waals surface area contributed by atoms with Crippen LogP contribution in [0.3, 0.4) is 0 Å². The summed E-state index contributed by atoms with van der Waals surface area (Å²) in [4.78, 5) is 9.21. The van der Waals surface area contributed by atoms with Crippen molar-refractivity contribution in [3.05, 3.63) is 99.6 Å². The molecule has 6 nitrogen and oxygen atoms in total. The maximum atomic E-state index is 6.43. The minimum Gasteiger partial charge on any atom is -0.455 e. The zero-order valence-electron chi connectivity index (χ0n) is 19.4. The fourth-order valence-corrected chi connectivity index (χ4v) is 5.32. The van der Waals surface area contributed by atoms with Crippen molar-refractivity contribution in [2.24, 2.45) is 5.73 Å². The number of nitrogens with two attached hydrogens (primary N) is 1. The van der Waals surface area contributed by atoms with Crippen LogP contribution in [0.5, 0.6) is 23.0 Å². The van der Waals surface area contributed by atoms with E-state index in [0.717, 1.165) is 45.5 Å². The van der Waals surface area contributed by atoms with Crippen LogP contribution in [-0.2, 0) is 12.8 Å². The van der Waals surface area contributed by atoms with E-state index in [2.05, 4.69) is 15.3 Å². The minimum absolute atomic E-state index is 0.0679. The third-order valence-electron chi connectivity index (χ3n) is 6.78. The summed E-state index contributed by atoms with van der Waals surface area (Å²) in [6.45, 7) is 1.10. The van der Waals surface area contributed by atoms with Crippen LogP contribution < -0.4 is 20.5 Å². The highest BCUT2D eigenvalue weighted by Crippen LogP contribution is 2.44. The smallest absolute Gasteiger partial charge is 0.171 e. The van der Waals surface area contributed by atoms with Crippen LogP contribution in [0.2, 0.25) is 10.0 Å². The number of halogens is 2. The molecule has 3 N–H and O–H groups in total. The molecule has 2 aliphatic rings. The lowest BCUT2D eigenvalue weighted by atomic mass is 9.93. The first kappa shape index (κ1) is 23.1. The van der Waals surface area contributed by atoms with E-state index < -0.39 is 0 Å². The zero-order valence-corrected chi connectivity index (χ0v) is 20.9. The number of nitrogens with one attached hydrogen (secondary N) is 1. The molecule has 4 aromatic rings. The van der Waals surface area contributed by atoms with Gasteiger partial charge in [-0.05, 0) is 61.1 Å². The topological polar surface area (TPSA) is 82.3 Å². The number of hydrogen-bond donors (Lipinski definition) is 2. The summed E-state index contributed by atoms with van der Waals surface area (Å²) >= 11 is 12.7. The molecule has 2 aromatic heterocycles. The molecule has 0 radical (unpaired) electrons. The quantitative estimate of drug-likeness (QED) is 0.312. The monoisotopic (exact) mass is 518 g/mol. The lowest BCUT2D eigenvalue weighted by molar-refractivity contribution is 0.475. The molecule has 0 amide bonds. The molecule has 0 bridgehead atoms. The second kappa shape index (κ2) is 9.62. The highest BCUT2D eigenvalue weighted by molar-refractivity contribution is 6.31. The standard InChI is InChI=1S/C28H24Cl2N4O2/c29-18-4-6-26-20(12-18)16(14-31)10-24-28(36-26)22(7-9-33-24)34-15-17-11-23-27(2-1-8-32-23)35-25-5-3-19(30)13-21(17)25/h1-9,12-13,16-17H,10-11,14-15,31H2,(H,33,34). The van der Waals surface area contributed by atoms with Gasteiger partial charge in [-0.1, -0.05) is 23.2 Å². The van der Waals surface area contributed by atoms with Gasteiger partial charge in [0.25, 0.3) is 0 Å². The molecule has 0 spiro atoms. The Morgan fingerprint density at radius 1 is 0.806 bits per heavy atom. The average molecular weight is 519 g/mol. The Morgan fingerprint density at radius 2 is 1.50 bits per heavy atom. The van der Waals surface area contributed by atoms with Gasteiger partial charge >= 0.3 is 0 Å². The van der Waals surface area contributed by atoms with E-state index in [9.17, 15) is 0 Å². The van der Waals surface area contributed by atoms with Gasteiger partial charge in [-0.2, -0.15) is 0 Å². The molecule has 36 heavy (non-hydrogen) atoms. The van der Waals surface area contributed by atoms with Crippen LogP contribution in [0.15, 0.2) is 67.0 Å². The van der Waals surface area contributed by atoms with E-state index >= 15 is 0 Å². The van der Waals surface area contributed by atoms with Crippen LogP contribution in [0, 0.1) is 0 Å². The van der Waals surface area contributed by atoms with Crippen LogP contribution in [-0.4, -0.2) is 23.1 Å². The molecule has 2 atom stereocenters. The van der Waals surface area contributed by atoms with Gasteiger partial charge in [0.2, 0.25) is 0 Å². The number of pyridine rings is 2. The van der Waals surface area contributed by atoms with Crippen LogP contribution in [0.25, 0.3) is 0 Å². The predicted octanol–water partition coefficient (Wildman–Crippen LogP) is 6.72. The summed E-state index contributed by atoms with van der Waals surface area (Å²) in [5, 5.41) is 4.95. The molecule has 6 rings (SSSR count). The van der Waals surface area contributed by atoms with E-state index in [0.29, 0.717) is 41.7 Å². The van der Waals surface area contributed by atoms with Crippen molar-refractivity contribution in [2.45, 2.75) is 24.7 Å². The first-order valence-corrected chi connectivity index (χ1v) is 12.6. The van der Waals surface area contributed by atoms with Crippen molar-refractivity contribution in [1.82, 2.24) is 9.97 Å².